The van der Waals surface area contributed by atoms with Crippen molar-refractivity contribution in [2.24, 2.45) is 0 Å². The Hall–Kier alpha value is -2.30. The Balaban J connectivity index is 1.50. The van der Waals surface area contributed by atoms with Crippen LogP contribution in [0.25, 0.3) is 0 Å². The SMILES string of the molecule is Cc1nnc(COC(=O)CCc2ccc(S(=O)(=O)N3CCOCC3)cc2)o1. The monoisotopic (exact) mass is 395 g/mol. The van der Waals surface area contributed by atoms with E-state index in [1.54, 1.807) is 31.2 Å². The van der Waals surface area contributed by atoms with Gasteiger partial charge in [0.25, 0.3) is 5.89 Å². The van der Waals surface area contributed by atoms with Crippen LogP contribution in [0.1, 0.15) is 23.8 Å². The van der Waals surface area contributed by atoms with Gasteiger partial charge in [-0.25, -0.2) is 8.42 Å². The largest absolute Gasteiger partial charge is 0.456 e. The maximum Gasteiger partial charge on any atom is 0.306 e. The van der Waals surface area contributed by atoms with E-state index in [1.807, 2.05) is 0 Å². The van der Waals surface area contributed by atoms with Crippen LogP contribution in [0.15, 0.2) is 33.6 Å². The van der Waals surface area contributed by atoms with E-state index in [-0.39, 0.29) is 23.8 Å². The molecule has 0 spiro atoms. The maximum atomic E-state index is 12.6. The van der Waals surface area contributed by atoms with E-state index in [2.05, 4.69) is 10.2 Å². The number of morpholine rings is 1. The molecule has 1 aliphatic heterocycles. The summed E-state index contributed by atoms with van der Waals surface area (Å²) < 4.78 is 41.9. The van der Waals surface area contributed by atoms with Crippen molar-refractivity contribution in [2.75, 3.05) is 26.3 Å². The lowest BCUT2D eigenvalue weighted by molar-refractivity contribution is -0.145. The van der Waals surface area contributed by atoms with Crippen molar-refractivity contribution in [3.05, 3.63) is 41.6 Å². The van der Waals surface area contributed by atoms with Gasteiger partial charge in [0.1, 0.15) is 0 Å². The molecule has 0 N–H and O–H groups in total. The molecule has 0 radical (unpaired) electrons. The molecule has 3 rings (SSSR count). The Bertz CT molecular complexity index is 872. The number of ether oxygens (including phenoxy) is 2. The van der Waals surface area contributed by atoms with Crippen LogP contribution in [-0.4, -0.2) is 55.2 Å². The molecule has 2 heterocycles. The van der Waals surface area contributed by atoms with E-state index in [1.165, 1.54) is 4.31 Å². The van der Waals surface area contributed by atoms with Crippen LogP contribution in [0.4, 0.5) is 0 Å². The van der Waals surface area contributed by atoms with Crippen molar-refractivity contribution < 1.29 is 27.1 Å². The van der Waals surface area contributed by atoms with Crippen LogP contribution in [-0.2, 0) is 37.3 Å². The fourth-order valence-corrected chi connectivity index (χ4v) is 4.03. The third-order valence-electron chi connectivity index (χ3n) is 4.07. The Labute approximate surface area is 157 Å². The van der Waals surface area contributed by atoms with Gasteiger partial charge in [-0.15, -0.1) is 10.2 Å². The number of carbonyl (C=O) groups is 1. The van der Waals surface area contributed by atoms with Crippen molar-refractivity contribution in [3.63, 3.8) is 0 Å². The summed E-state index contributed by atoms with van der Waals surface area (Å²) in [5, 5.41) is 7.40. The highest BCUT2D eigenvalue weighted by Crippen LogP contribution is 2.18. The predicted octanol–water partition coefficient (Wildman–Crippen LogP) is 1.07. The second-order valence-corrected chi connectivity index (χ2v) is 7.97. The van der Waals surface area contributed by atoms with Crippen LogP contribution < -0.4 is 0 Å². The highest BCUT2D eigenvalue weighted by Gasteiger charge is 2.26. The number of hydrogen-bond donors (Lipinski definition) is 0. The summed E-state index contributed by atoms with van der Waals surface area (Å²) in [7, 11) is -3.51. The first-order valence-corrected chi connectivity index (χ1v) is 10.0. The summed E-state index contributed by atoms with van der Waals surface area (Å²) >= 11 is 0. The minimum absolute atomic E-state index is 0.0591. The number of carbonyl (C=O) groups excluding carboxylic acids is 1. The van der Waals surface area contributed by atoms with Gasteiger partial charge in [-0.3, -0.25) is 4.79 Å². The first-order valence-electron chi connectivity index (χ1n) is 8.56. The number of sulfonamides is 1. The molecule has 146 valence electrons. The summed E-state index contributed by atoms with van der Waals surface area (Å²) in [4.78, 5) is 12.0. The van der Waals surface area contributed by atoms with E-state index in [0.717, 1.165) is 5.56 Å². The van der Waals surface area contributed by atoms with Crippen LogP contribution in [0.3, 0.4) is 0 Å². The van der Waals surface area contributed by atoms with Gasteiger partial charge < -0.3 is 13.9 Å². The molecule has 2 aromatic rings. The highest BCUT2D eigenvalue weighted by molar-refractivity contribution is 7.89. The number of benzene rings is 1. The number of hydrogen-bond acceptors (Lipinski definition) is 8. The van der Waals surface area contributed by atoms with Crippen molar-refractivity contribution in [1.29, 1.82) is 0 Å². The zero-order valence-electron chi connectivity index (χ0n) is 15.0. The average Bonchev–Trinajstić information content (AvgIpc) is 3.11. The van der Waals surface area contributed by atoms with Crippen LogP contribution >= 0.6 is 0 Å². The van der Waals surface area contributed by atoms with Gasteiger partial charge in [-0.2, -0.15) is 4.31 Å². The van der Waals surface area contributed by atoms with E-state index >= 15 is 0 Å². The van der Waals surface area contributed by atoms with E-state index in [0.29, 0.717) is 38.6 Å². The van der Waals surface area contributed by atoms with Crippen LogP contribution in [0, 0.1) is 6.92 Å². The topological polar surface area (TPSA) is 112 Å². The van der Waals surface area contributed by atoms with Gasteiger partial charge in [-0.1, -0.05) is 12.1 Å². The molecule has 0 bridgehead atoms. The third-order valence-corrected chi connectivity index (χ3v) is 5.99. The quantitative estimate of drug-likeness (QED) is 0.640. The van der Waals surface area contributed by atoms with Gasteiger partial charge in [0.2, 0.25) is 15.9 Å². The lowest BCUT2D eigenvalue weighted by atomic mass is 10.1. The first kappa shape index (κ1) is 19.5. The second-order valence-electron chi connectivity index (χ2n) is 6.04. The van der Waals surface area contributed by atoms with Gasteiger partial charge in [0.15, 0.2) is 6.61 Å². The molecule has 1 fully saturated rings. The third kappa shape index (κ3) is 5.12. The first-order chi connectivity index (χ1) is 12.9. The Kier molecular flexibility index (Phi) is 6.19. The predicted molar refractivity (Wildman–Crippen MR) is 93.2 cm³/mol. The summed E-state index contributed by atoms with van der Waals surface area (Å²) in [6, 6.07) is 6.54. The molecule has 0 aliphatic carbocycles. The Morgan fingerprint density at radius 1 is 1.19 bits per heavy atom. The van der Waals surface area contributed by atoms with Gasteiger partial charge in [-0.05, 0) is 24.1 Å². The second kappa shape index (κ2) is 8.59. The molecule has 1 aliphatic rings. The molecule has 1 aromatic carbocycles. The number of aryl methyl sites for hydroxylation is 2. The normalized spacial score (nSPS) is 15.6. The summed E-state index contributed by atoms with van der Waals surface area (Å²) in [5.74, 6) is 0.266. The Morgan fingerprint density at radius 3 is 2.52 bits per heavy atom. The minimum atomic E-state index is -3.51. The van der Waals surface area contributed by atoms with Gasteiger partial charge in [0, 0.05) is 26.4 Å². The molecule has 0 atom stereocenters. The zero-order valence-corrected chi connectivity index (χ0v) is 15.8. The summed E-state index contributed by atoms with van der Waals surface area (Å²) in [5.41, 5.74) is 0.849. The minimum Gasteiger partial charge on any atom is -0.456 e. The summed E-state index contributed by atoms with van der Waals surface area (Å²) in [6.07, 6.45) is 0.613. The van der Waals surface area contributed by atoms with Gasteiger partial charge in [0.05, 0.1) is 18.1 Å². The average molecular weight is 395 g/mol. The van der Waals surface area contributed by atoms with Gasteiger partial charge >= 0.3 is 5.97 Å². The highest BCUT2D eigenvalue weighted by atomic mass is 32.2. The number of aromatic nitrogens is 2. The Morgan fingerprint density at radius 2 is 1.89 bits per heavy atom. The number of rotatable bonds is 7. The fraction of sp³-hybridized carbons (Fsp3) is 0.471. The van der Waals surface area contributed by atoms with Crippen LogP contribution in [0.5, 0.6) is 0 Å². The number of nitrogens with zero attached hydrogens (tertiary/aromatic N) is 3. The maximum absolute atomic E-state index is 12.6. The molecule has 27 heavy (non-hydrogen) atoms. The molecule has 9 nitrogen and oxygen atoms in total. The molecule has 10 heteroatoms. The smallest absolute Gasteiger partial charge is 0.306 e. The zero-order chi connectivity index (χ0) is 19.3. The standard InChI is InChI=1S/C17H21N3O6S/c1-13-18-19-16(26-13)12-25-17(21)7-4-14-2-5-15(6-3-14)27(22,23)20-8-10-24-11-9-20/h2-3,5-6H,4,7-12H2,1H3. The lowest BCUT2D eigenvalue weighted by Crippen LogP contribution is -2.40. The number of esters is 1. The van der Waals surface area contributed by atoms with Crippen molar-refractivity contribution >= 4 is 16.0 Å². The van der Waals surface area contributed by atoms with Crippen molar-refractivity contribution in [1.82, 2.24) is 14.5 Å². The molecule has 1 aromatic heterocycles. The lowest BCUT2D eigenvalue weighted by Gasteiger charge is -2.26. The molecular formula is C17H21N3O6S. The molecule has 0 saturated carbocycles. The molecule has 1 saturated heterocycles. The van der Waals surface area contributed by atoms with E-state index in [9.17, 15) is 13.2 Å². The van der Waals surface area contributed by atoms with E-state index in [4.69, 9.17) is 13.9 Å². The van der Waals surface area contributed by atoms with Crippen LogP contribution in [0.2, 0.25) is 0 Å². The molecular weight excluding hydrogens is 374 g/mol. The molecule has 0 amide bonds. The summed E-state index contributed by atoms with van der Waals surface area (Å²) in [6.45, 7) is 3.12. The van der Waals surface area contributed by atoms with Crippen molar-refractivity contribution in [2.45, 2.75) is 31.3 Å². The van der Waals surface area contributed by atoms with Crippen molar-refractivity contribution in [3.8, 4) is 0 Å². The molecule has 0 unspecified atom stereocenters. The fourth-order valence-electron chi connectivity index (χ4n) is 2.62. The van der Waals surface area contributed by atoms with E-state index < -0.39 is 16.0 Å².